The van der Waals surface area contributed by atoms with Crippen LogP contribution in [-0.2, 0) is 11.2 Å². The third-order valence-corrected chi connectivity index (χ3v) is 7.01. The second-order valence-corrected chi connectivity index (χ2v) is 9.78. The van der Waals surface area contributed by atoms with E-state index in [2.05, 4.69) is 0 Å². The molecule has 1 aliphatic carbocycles. The highest BCUT2D eigenvalue weighted by molar-refractivity contribution is 8.00. The molecule has 3 amide bonds. The first-order valence-corrected chi connectivity index (χ1v) is 10.6. The molecule has 0 aromatic heterocycles. The molecule has 2 heterocycles. The summed E-state index contributed by atoms with van der Waals surface area (Å²) in [6.07, 6.45) is 3.40. The van der Waals surface area contributed by atoms with E-state index < -0.39 is 5.51 Å². The van der Waals surface area contributed by atoms with Gasteiger partial charge in [0.25, 0.3) is 0 Å². The number of likely N-dealkylation sites (tertiary alicyclic amines) is 2. The van der Waals surface area contributed by atoms with Crippen molar-refractivity contribution in [2.24, 2.45) is 23.0 Å². The van der Waals surface area contributed by atoms with E-state index in [4.69, 9.17) is 5.73 Å². The van der Waals surface area contributed by atoms with Gasteiger partial charge in [-0.05, 0) is 61.1 Å². The third kappa shape index (κ3) is 4.49. The topological polar surface area (TPSA) is 66.6 Å². The highest BCUT2D eigenvalue weighted by Gasteiger charge is 2.54. The number of rotatable bonds is 4. The van der Waals surface area contributed by atoms with Gasteiger partial charge in [0.1, 0.15) is 0 Å². The molecule has 2 aliphatic heterocycles. The van der Waals surface area contributed by atoms with E-state index in [-0.39, 0.29) is 39.9 Å². The van der Waals surface area contributed by atoms with Gasteiger partial charge in [0.05, 0.1) is 5.92 Å². The summed E-state index contributed by atoms with van der Waals surface area (Å²) in [5.74, 6) is -0.141. The lowest BCUT2D eigenvalue weighted by Gasteiger charge is -2.59. The van der Waals surface area contributed by atoms with Crippen molar-refractivity contribution < 1.29 is 22.8 Å². The molecule has 2 N–H and O–H groups in total. The van der Waals surface area contributed by atoms with Crippen LogP contribution in [0.25, 0.3) is 0 Å². The smallest absolute Gasteiger partial charge is 0.369 e. The number of benzene rings is 1. The number of hydrogen-bond donors (Lipinski definition) is 1. The molecule has 0 unspecified atom stereocenters. The van der Waals surface area contributed by atoms with Gasteiger partial charge in [0.15, 0.2) is 0 Å². The molecule has 3 fully saturated rings. The summed E-state index contributed by atoms with van der Waals surface area (Å²) in [5.41, 5.74) is 2.16. The van der Waals surface area contributed by atoms with Crippen LogP contribution >= 0.6 is 11.8 Å². The minimum Gasteiger partial charge on any atom is -0.369 e. The molecule has 0 bridgehead atoms. The molecule has 1 aromatic carbocycles. The number of primary amides is 1. The molecule has 1 atom stereocenters. The summed E-state index contributed by atoms with van der Waals surface area (Å²) >= 11 is -0.0773. The normalized spacial score (nSPS) is 23.8. The Labute approximate surface area is 171 Å². The van der Waals surface area contributed by atoms with Crippen molar-refractivity contribution >= 4 is 23.7 Å². The Balaban J connectivity index is 1.23. The maximum absolute atomic E-state index is 12.6. The van der Waals surface area contributed by atoms with Crippen molar-refractivity contribution in [2.45, 2.75) is 36.1 Å². The molecular formula is C20H24F3N3O2S. The highest BCUT2D eigenvalue weighted by Crippen LogP contribution is 2.53. The number of amides is 3. The molecule has 1 spiro atoms. The van der Waals surface area contributed by atoms with Crippen molar-refractivity contribution in [2.75, 3.05) is 26.2 Å². The fourth-order valence-corrected chi connectivity index (χ4v) is 5.66. The van der Waals surface area contributed by atoms with Crippen LogP contribution in [0.15, 0.2) is 29.2 Å². The molecule has 0 radical (unpaired) electrons. The van der Waals surface area contributed by atoms with Gasteiger partial charge in [-0.15, -0.1) is 0 Å². The minimum absolute atomic E-state index is 0.0142. The lowest BCUT2D eigenvalue weighted by molar-refractivity contribution is -0.121. The van der Waals surface area contributed by atoms with E-state index in [9.17, 15) is 22.8 Å². The predicted molar refractivity (Wildman–Crippen MR) is 103 cm³/mol. The number of nitrogens with zero attached hydrogens (tertiary/aromatic N) is 2. The largest absolute Gasteiger partial charge is 0.446 e. The number of urea groups is 1. The number of thioether (sulfide) groups is 1. The number of hydrogen-bond acceptors (Lipinski definition) is 3. The molecule has 4 rings (SSSR count). The van der Waals surface area contributed by atoms with Gasteiger partial charge in [-0.2, -0.15) is 13.2 Å². The summed E-state index contributed by atoms with van der Waals surface area (Å²) in [4.78, 5) is 27.6. The average molecular weight is 427 g/mol. The fourth-order valence-electron chi connectivity index (χ4n) is 5.04. The van der Waals surface area contributed by atoms with Crippen LogP contribution in [0.2, 0.25) is 0 Å². The molecular weight excluding hydrogens is 403 g/mol. The Morgan fingerprint density at radius 2 is 1.93 bits per heavy atom. The van der Waals surface area contributed by atoms with Crippen molar-refractivity contribution in [3.05, 3.63) is 29.8 Å². The van der Waals surface area contributed by atoms with Crippen LogP contribution in [0, 0.1) is 17.3 Å². The van der Waals surface area contributed by atoms with Gasteiger partial charge in [-0.1, -0.05) is 12.1 Å². The van der Waals surface area contributed by atoms with Crippen molar-refractivity contribution in [1.29, 1.82) is 0 Å². The van der Waals surface area contributed by atoms with Gasteiger partial charge < -0.3 is 15.5 Å². The van der Waals surface area contributed by atoms with Crippen LogP contribution in [0.5, 0.6) is 0 Å². The van der Waals surface area contributed by atoms with E-state index in [0.717, 1.165) is 37.9 Å². The highest BCUT2D eigenvalue weighted by atomic mass is 32.2. The van der Waals surface area contributed by atoms with Crippen LogP contribution in [0.3, 0.4) is 0 Å². The molecule has 2 saturated heterocycles. The van der Waals surface area contributed by atoms with E-state index >= 15 is 0 Å². The second kappa shape index (κ2) is 7.41. The predicted octanol–water partition coefficient (Wildman–Crippen LogP) is 3.48. The van der Waals surface area contributed by atoms with Gasteiger partial charge in [0.2, 0.25) is 5.91 Å². The Morgan fingerprint density at radius 3 is 2.55 bits per heavy atom. The number of alkyl halides is 3. The number of carbonyl (C=O) groups is 2. The molecule has 9 heteroatoms. The van der Waals surface area contributed by atoms with Crippen molar-refractivity contribution in [3.8, 4) is 0 Å². The molecule has 29 heavy (non-hydrogen) atoms. The van der Waals surface area contributed by atoms with Gasteiger partial charge in [-0.25, -0.2) is 4.79 Å². The quantitative estimate of drug-likeness (QED) is 0.749. The maximum atomic E-state index is 12.6. The monoisotopic (exact) mass is 427 g/mol. The standard InChI is InChI=1S/C20H24F3N3O2S/c21-20(22,23)29-16-3-1-2-13(7-16)6-14-8-19(9-14)11-26(12-19)18(28)25-5-4-15(10-25)17(24)27/h1-3,7,14-15H,4-6,8-12H2,(H2,24,27)/t15-/m0/s1. The van der Waals surface area contributed by atoms with Gasteiger partial charge in [0, 0.05) is 36.5 Å². The van der Waals surface area contributed by atoms with E-state index in [1.165, 1.54) is 6.07 Å². The fraction of sp³-hybridized carbons (Fsp3) is 0.600. The van der Waals surface area contributed by atoms with Crippen molar-refractivity contribution in [1.82, 2.24) is 9.80 Å². The first kappa shape index (κ1) is 20.4. The van der Waals surface area contributed by atoms with Crippen LogP contribution in [-0.4, -0.2) is 53.4 Å². The van der Waals surface area contributed by atoms with Gasteiger partial charge >= 0.3 is 11.5 Å². The van der Waals surface area contributed by atoms with Crippen molar-refractivity contribution in [3.63, 3.8) is 0 Å². The maximum Gasteiger partial charge on any atom is 0.446 e. The van der Waals surface area contributed by atoms with E-state index in [0.29, 0.717) is 25.4 Å². The first-order valence-electron chi connectivity index (χ1n) is 9.80. The number of nitrogens with two attached hydrogens (primary N) is 1. The summed E-state index contributed by atoms with van der Waals surface area (Å²) in [6.45, 7) is 2.44. The minimum atomic E-state index is -4.27. The summed E-state index contributed by atoms with van der Waals surface area (Å²) in [7, 11) is 0. The Bertz CT molecular complexity index is 802. The Kier molecular flexibility index (Phi) is 5.21. The second-order valence-electron chi connectivity index (χ2n) is 8.65. The summed E-state index contributed by atoms with van der Waals surface area (Å²) in [5, 5.41) is 0. The zero-order valence-corrected chi connectivity index (χ0v) is 16.8. The average Bonchev–Trinajstić information content (AvgIpc) is 3.04. The molecule has 1 saturated carbocycles. The van der Waals surface area contributed by atoms with Crippen LogP contribution in [0.1, 0.15) is 24.8 Å². The zero-order valence-electron chi connectivity index (χ0n) is 16.0. The zero-order chi connectivity index (χ0) is 20.8. The molecule has 158 valence electrons. The third-order valence-electron chi connectivity index (χ3n) is 6.28. The number of halogens is 3. The lowest BCUT2D eigenvalue weighted by atomic mass is 9.56. The molecule has 1 aromatic rings. The lowest BCUT2D eigenvalue weighted by Crippen LogP contribution is -2.65. The first-order chi connectivity index (χ1) is 13.6. The van der Waals surface area contributed by atoms with Crippen LogP contribution in [0.4, 0.5) is 18.0 Å². The van der Waals surface area contributed by atoms with E-state index in [1.807, 2.05) is 11.0 Å². The Hall–Kier alpha value is -1.90. The summed E-state index contributed by atoms with van der Waals surface area (Å²) < 4.78 is 37.6. The number of carbonyl (C=O) groups excluding carboxylic acids is 2. The Morgan fingerprint density at radius 1 is 1.21 bits per heavy atom. The van der Waals surface area contributed by atoms with E-state index in [1.54, 1.807) is 17.0 Å². The molecule has 5 nitrogen and oxygen atoms in total. The SMILES string of the molecule is NC(=O)[C@H]1CCN(C(=O)N2CC3(CC(Cc4cccc(SC(F)(F)F)c4)C3)C2)C1. The summed E-state index contributed by atoms with van der Waals surface area (Å²) in [6, 6.07) is 6.66. The molecule has 3 aliphatic rings. The van der Waals surface area contributed by atoms with Crippen LogP contribution < -0.4 is 5.73 Å². The van der Waals surface area contributed by atoms with Gasteiger partial charge in [-0.3, -0.25) is 4.79 Å².